The Morgan fingerprint density at radius 1 is 1.36 bits per heavy atom. The highest BCUT2D eigenvalue weighted by Crippen LogP contribution is 2.10. The molecule has 2 nitrogen and oxygen atoms in total. The normalized spacial score (nSPS) is 13.0. The maximum atomic E-state index is 9.68. The maximum Gasteiger partial charge on any atom is 0.0935 e. The number of hydrogen-bond donors (Lipinski definition) is 1. The van der Waals surface area contributed by atoms with Gasteiger partial charge in [-0.3, -0.25) is 0 Å². The Morgan fingerprint density at radius 2 is 2.21 bits per heavy atom. The molecule has 1 rings (SSSR count). The molecule has 1 N–H and O–H groups in total. The van der Waals surface area contributed by atoms with E-state index in [1.54, 1.807) is 12.5 Å². The summed E-state index contributed by atoms with van der Waals surface area (Å²) in [7, 11) is 0. The van der Waals surface area contributed by atoms with Crippen molar-refractivity contribution >= 4 is 0 Å². The lowest BCUT2D eigenvalue weighted by atomic mass is 10.0. The molecule has 80 valence electrons. The molecule has 0 saturated carbocycles. The maximum absolute atomic E-state index is 9.68. The number of unbranched alkanes of at least 4 members (excludes halogenated alkanes) is 3. The van der Waals surface area contributed by atoms with Gasteiger partial charge in [0, 0.05) is 6.42 Å². The molecule has 0 radical (unpaired) electrons. The van der Waals surface area contributed by atoms with E-state index in [-0.39, 0.29) is 6.10 Å². The van der Waals surface area contributed by atoms with Gasteiger partial charge in [0.05, 0.1) is 18.6 Å². The molecule has 14 heavy (non-hydrogen) atoms. The van der Waals surface area contributed by atoms with E-state index in [0.717, 1.165) is 24.8 Å². The lowest BCUT2D eigenvalue weighted by Gasteiger charge is -2.08. The Kier molecular flexibility index (Phi) is 5.38. The van der Waals surface area contributed by atoms with Crippen LogP contribution < -0.4 is 0 Å². The van der Waals surface area contributed by atoms with Crippen molar-refractivity contribution in [3.8, 4) is 0 Å². The molecule has 0 fully saturated rings. The molecule has 1 heterocycles. The van der Waals surface area contributed by atoms with E-state index in [1.165, 1.54) is 19.3 Å². The molecule has 1 aromatic rings. The zero-order valence-corrected chi connectivity index (χ0v) is 8.91. The molecular weight excluding hydrogens is 176 g/mol. The van der Waals surface area contributed by atoms with Crippen molar-refractivity contribution < 1.29 is 9.52 Å². The Balaban J connectivity index is 2.07. The van der Waals surface area contributed by atoms with Crippen molar-refractivity contribution in [2.75, 3.05) is 0 Å². The summed E-state index contributed by atoms with van der Waals surface area (Å²) in [5.41, 5.74) is 1.09. The summed E-state index contributed by atoms with van der Waals surface area (Å²) >= 11 is 0. The lowest BCUT2D eigenvalue weighted by Crippen LogP contribution is -2.09. The number of hydrogen-bond acceptors (Lipinski definition) is 2. The largest absolute Gasteiger partial charge is 0.472 e. The Hall–Kier alpha value is -0.760. The smallest absolute Gasteiger partial charge is 0.0935 e. The van der Waals surface area contributed by atoms with Crippen molar-refractivity contribution in [3.63, 3.8) is 0 Å². The molecule has 0 aliphatic carbocycles. The lowest BCUT2D eigenvalue weighted by molar-refractivity contribution is 0.160. The van der Waals surface area contributed by atoms with Crippen LogP contribution in [0, 0.1) is 0 Å². The fourth-order valence-corrected chi connectivity index (χ4v) is 1.59. The summed E-state index contributed by atoms with van der Waals surface area (Å²) < 4.78 is 4.95. The number of aliphatic hydroxyl groups is 1. The van der Waals surface area contributed by atoms with Gasteiger partial charge in [-0.05, 0) is 18.1 Å². The van der Waals surface area contributed by atoms with Crippen LogP contribution >= 0.6 is 0 Å². The third-order valence-electron chi connectivity index (χ3n) is 2.44. The summed E-state index contributed by atoms with van der Waals surface area (Å²) in [5, 5.41) is 9.68. The number of aliphatic hydroxyl groups excluding tert-OH is 1. The number of rotatable bonds is 7. The van der Waals surface area contributed by atoms with Crippen molar-refractivity contribution in [1.29, 1.82) is 0 Å². The predicted molar refractivity (Wildman–Crippen MR) is 57.2 cm³/mol. The van der Waals surface area contributed by atoms with Crippen LogP contribution in [-0.2, 0) is 6.42 Å². The molecular formula is C12H20O2. The van der Waals surface area contributed by atoms with Gasteiger partial charge in [-0.15, -0.1) is 0 Å². The standard InChI is InChI=1S/C12H20O2/c1-2-3-4-5-6-12(13)9-11-7-8-14-10-11/h7-8,10,12-13H,2-6,9H2,1H3. The molecule has 0 amide bonds. The fraction of sp³-hybridized carbons (Fsp3) is 0.667. The first-order valence-electron chi connectivity index (χ1n) is 5.52. The summed E-state index contributed by atoms with van der Waals surface area (Å²) in [6.45, 7) is 2.20. The Labute approximate surface area is 85.9 Å². The fourth-order valence-electron chi connectivity index (χ4n) is 1.59. The first-order chi connectivity index (χ1) is 6.83. The highest BCUT2D eigenvalue weighted by Gasteiger charge is 2.05. The van der Waals surface area contributed by atoms with Crippen molar-refractivity contribution in [1.82, 2.24) is 0 Å². The van der Waals surface area contributed by atoms with Gasteiger partial charge in [-0.2, -0.15) is 0 Å². The SMILES string of the molecule is CCCCCCC(O)Cc1ccoc1. The molecule has 0 saturated heterocycles. The summed E-state index contributed by atoms with van der Waals surface area (Å²) in [4.78, 5) is 0. The zero-order valence-electron chi connectivity index (χ0n) is 8.91. The molecule has 1 atom stereocenters. The summed E-state index contributed by atoms with van der Waals surface area (Å²) in [5.74, 6) is 0. The molecule has 0 aromatic carbocycles. The average molecular weight is 196 g/mol. The van der Waals surface area contributed by atoms with Gasteiger partial charge in [0.15, 0.2) is 0 Å². The van der Waals surface area contributed by atoms with E-state index < -0.39 is 0 Å². The zero-order chi connectivity index (χ0) is 10.2. The Bertz CT molecular complexity index is 216. The van der Waals surface area contributed by atoms with E-state index in [2.05, 4.69) is 6.92 Å². The van der Waals surface area contributed by atoms with Crippen molar-refractivity contribution in [2.45, 2.75) is 51.6 Å². The minimum absolute atomic E-state index is 0.204. The molecule has 1 aromatic heterocycles. The van der Waals surface area contributed by atoms with E-state index in [0.29, 0.717) is 0 Å². The second-order valence-corrected chi connectivity index (χ2v) is 3.84. The van der Waals surface area contributed by atoms with Gasteiger partial charge in [0.1, 0.15) is 0 Å². The summed E-state index contributed by atoms with van der Waals surface area (Å²) in [6, 6.07) is 1.91. The Morgan fingerprint density at radius 3 is 2.86 bits per heavy atom. The van der Waals surface area contributed by atoms with Crippen LogP contribution in [0.4, 0.5) is 0 Å². The van der Waals surface area contributed by atoms with Crippen LogP contribution in [0.3, 0.4) is 0 Å². The second kappa shape index (κ2) is 6.66. The van der Waals surface area contributed by atoms with Crippen LogP contribution in [-0.4, -0.2) is 11.2 Å². The highest BCUT2D eigenvalue weighted by atomic mass is 16.3. The van der Waals surface area contributed by atoms with Crippen LogP contribution in [0.25, 0.3) is 0 Å². The first kappa shape index (κ1) is 11.3. The minimum atomic E-state index is -0.204. The monoisotopic (exact) mass is 196 g/mol. The summed E-state index contributed by atoms with van der Waals surface area (Å²) in [6.07, 6.45) is 9.68. The average Bonchev–Trinajstić information content (AvgIpc) is 2.65. The molecule has 0 spiro atoms. The van der Waals surface area contributed by atoms with Crippen LogP contribution in [0.1, 0.15) is 44.6 Å². The van der Waals surface area contributed by atoms with Gasteiger partial charge >= 0.3 is 0 Å². The van der Waals surface area contributed by atoms with Crippen molar-refractivity contribution in [2.24, 2.45) is 0 Å². The second-order valence-electron chi connectivity index (χ2n) is 3.84. The van der Waals surface area contributed by atoms with Gasteiger partial charge in [-0.25, -0.2) is 0 Å². The topological polar surface area (TPSA) is 33.4 Å². The predicted octanol–water partition coefficient (Wildman–Crippen LogP) is 3.15. The van der Waals surface area contributed by atoms with Crippen molar-refractivity contribution in [3.05, 3.63) is 24.2 Å². The molecule has 2 heteroatoms. The molecule has 1 unspecified atom stereocenters. The van der Waals surface area contributed by atoms with E-state index in [4.69, 9.17) is 4.42 Å². The van der Waals surface area contributed by atoms with E-state index in [9.17, 15) is 5.11 Å². The quantitative estimate of drug-likeness (QED) is 0.679. The van der Waals surface area contributed by atoms with Gasteiger partial charge < -0.3 is 9.52 Å². The third kappa shape index (κ3) is 4.47. The van der Waals surface area contributed by atoms with Gasteiger partial charge in [-0.1, -0.05) is 32.6 Å². The molecule has 0 aliphatic heterocycles. The van der Waals surface area contributed by atoms with Crippen LogP contribution in [0.15, 0.2) is 23.0 Å². The first-order valence-corrected chi connectivity index (χ1v) is 5.52. The van der Waals surface area contributed by atoms with Crippen LogP contribution in [0.5, 0.6) is 0 Å². The third-order valence-corrected chi connectivity index (χ3v) is 2.44. The highest BCUT2D eigenvalue weighted by molar-refractivity contribution is 5.06. The van der Waals surface area contributed by atoms with E-state index in [1.807, 2.05) is 6.07 Å². The number of furan rings is 1. The molecule has 0 bridgehead atoms. The minimum Gasteiger partial charge on any atom is -0.472 e. The molecule has 0 aliphatic rings. The van der Waals surface area contributed by atoms with E-state index >= 15 is 0 Å². The van der Waals surface area contributed by atoms with Gasteiger partial charge in [0.2, 0.25) is 0 Å². The van der Waals surface area contributed by atoms with Gasteiger partial charge in [0.25, 0.3) is 0 Å². The van der Waals surface area contributed by atoms with Crippen LogP contribution in [0.2, 0.25) is 0 Å².